The van der Waals surface area contributed by atoms with Crippen LogP contribution in [0.15, 0.2) is 18.2 Å². The van der Waals surface area contributed by atoms with E-state index in [1.807, 2.05) is 12.1 Å². The van der Waals surface area contributed by atoms with Gasteiger partial charge < -0.3 is 15.4 Å². The molecule has 0 saturated carbocycles. The summed E-state index contributed by atoms with van der Waals surface area (Å²) in [4.78, 5) is 2.34. The number of amidine groups is 1. The van der Waals surface area contributed by atoms with Crippen molar-refractivity contribution in [3.8, 4) is 0 Å². The highest BCUT2D eigenvalue weighted by Gasteiger charge is 2.12. The highest BCUT2D eigenvalue weighted by Crippen LogP contribution is 2.22. The van der Waals surface area contributed by atoms with Crippen LogP contribution in [-0.4, -0.2) is 32.1 Å². The summed E-state index contributed by atoms with van der Waals surface area (Å²) in [7, 11) is 0. The van der Waals surface area contributed by atoms with E-state index in [-0.39, 0.29) is 5.84 Å². The number of nitrogen functional groups attached to an aromatic ring is 1. The molecule has 0 aliphatic carbocycles. The predicted octanol–water partition coefficient (Wildman–Crippen LogP) is 1.51. The largest absolute Gasteiger partial charge is 0.384 e. The predicted molar refractivity (Wildman–Crippen MR) is 69.8 cm³/mol. The summed E-state index contributed by atoms with van der Waals surface area (Å²) in [5, 5.41) is 7.43. The van der Waals surface area contributed by atoms with Crippen molar-refractivity contribution in [3.05, 3.63) is 29.3 Å². The smallest absolute Gasteiger partial charge is 0.122 e. The van der Waals surface area contributed by atoms with Gasteiger partial charge in [0, 0.05) is 30.9 Å². The summed E-state index contributed by atoms with van der Waals surface area (Å²) in [5.74, 6) is 0.124. The number of nitrogens with one attached hydrogen (secondary N) is 1. The molecule has 2 rings (SSSR count). The highest BCUT2D eigenvalue weighted by atomic mass is 16.5. The van der Waals surface area contributed by atoms with E-state index in [0.29, 0.717) is 0 Å². The van der Waals surface area contributed by atoms with Gasteiger partial charge in [0.25, 0.3) is 0 Å². The second-order valence-electron chi connectivity index (χ2n) is 4.37. The number of rotatable bonds is 2. The van der Waals surface area contributed by atoms with E-state index in [4.69, 9.17) is 15.9 Å². The van der Waals surface area contributed by atoms with Crippen molar-refractivity contribution in [1.29, 1.82) is 5.41 Å². The molecular formula is C13H19N3O. The standard InChI is InChI=1S/C13H19N3O/c1-10-9-11(13(14)15)3-4-12(10)16-5-2-7-17-8-6-16/h3-4,9H,2,5-8H2,1H3,(H3,14,15). The van der Waals surface area contributed by atoms with Gasteiger partial charge in [-0.05, 0) is 37.1 Å². The van der Waals surface area contributed by atoms with Gasteiger partial charge in [-0.1, -0.05) is 0 Å². The Morgan fingerprint density at radius 2 is 2.18 bits per heavy atom. The van der Waals surface area contributed by atoms with Gasteiger partial charge in [-0.2, -0.15) is 0 Å². The van der Waals surface area contributed by atoms with Gasteiger partial charge in [-0.25, -0.2) is 0 Å². The molecule has 0 unspecified atom stereocenters. The van der Waals surface area contributed by atoms with Gasteiger partial charge in [0.15, 0.2) is 0 Å². The summed E-state index contributed by atoms with van der Waals surface area (Å²) in [5.41, 5.74) is 8.66. The molecule has 1 aliphatic heterocycles. The molecule has 4 heteroatoms. The van der Waals surface area contributed by atoms with Gasteiger partial charge in [0.1, 0.15) is 5.84 Å². The molecule has 0 radical (unpaired) electrons. The molecule has 0 bridgehead atoms. The Hall–Kier alpha value is -1.55. The van der Waals surface area contributed by atoms with Crippen LogP contribution in [0, 0.1) is 12.3 Å². The number of aryl methyl sites for hydroxylation is 1. The van der Waals surface area contributed by atoms with Crippen LogP contribution in [-0.2, 0) is 4.74 Å². The molecule has 0 atom stereocenters. The summed E-state index contributed by atoms with van der Waals surface area (Å²) < 4.78 is 5.45. The fourth-order valence-electron chi connectivity index (χ4n) is 2.16. The summed E-state index contributed by atoms with van der Waals surface area (Å²) in [6.45, 7) is 5.66. The minimum Gasteiger partial charge on any atom is -0.384 e. The highest BCUT2D eigenvalue weighted by molar-refractivity contribution is 5.95. The minimum atomic E-state index is 0.124. The Morgan fingerprint density at radius 3 is 2.88 bits per heavy atom. The van der Waals surface area contributed by atoms with E-state index in [2.05, 4.69) is 17.9 Å². The Bertz CT molecular complexity index is 409. The summed E-state index contributed by atoms with van der Waals surface area (Å²) in [6.07, 6.45) is 1.06. The fourth-order valence-corrected chi connectivity index (χ4v) is 2.16. The Kier molecular flexibility index (Phi) is 3.64. The van der Waals surface area contributed by atoms with Crippen LogP contribution < -0.4 is 10.6 Å². The van der Waals surface area contributed by atoms with E-state index >= 15 is 0 Å². The fraction of sp³-hybridized carbons (Fsp3) is 0.462. The number of hydrogen-bond donors (Lipinski definition) is 2. The van der Waals surface area contributed by atoms with Crippen molar-refractivity contribution in [2.24, 2.45) is 5.73 Å². The van der Waals surface area contributed by atoms with Crippen LogP contribution in [0.4, 0.5) is 5.69 Å². The minimum absolute atomic E-state index is 0.124. The van der Waals surface area contributed by atoms with Crippen LogP contribution in [0.1, 0.15) is 17.5 Å². The summed E-state index contributed by atoms with van der Waals surface area (Å²) in [6, 6.07) is 5.94. The number of nitrogens with two attached hydrogens (primary N) is 1. The molecule has 1 heterocycles. The average molecular weight is 233 g/mol. The van der Waals surface area contributed by atoms with Crippen LogP contribution in [0.2, 0.25) is 0 Å². The van der Waals surface area contributed by atoms with Crippen molar-refractivity contribution >= 4 is 11.5 Å². The SMILES string of the molecule is Cc1cc(C(=N)N)ccc1N1CCCOCC1. The van der Waals surface area contributed by atoms with E-state index in [9.17, 15) is 0 Å². The number of ether oxygens (including phenoxy) is 1. The lowest BCUT2D eigenvalue weighted by atomic mass is 10.1. The number of benzene rings is 1. The van der Waals surface area contributed by atoms with Crippen LogP contribution >= 0.6 is 0 Å². The second kappa shape index (κ2) is 5.19. The van der Waals surface area contributed by atoms with Crippen LogP contribution in [0.25, 0.3) is 0 Å². The van der Waals surface area contributed by atoms with Gasteiger partial charge in [0.2, 0.25) is 0 Å². The van der Waals surface area contributed by atoms with E-state index in [1.165, 1.54) is 11.3 Å². The number of hydrogen-bond acceptors (Lipinski definition) is 3. The monoisotopic (exact) mass is 233 g/mol. The molecular weight excluding hydrogens is 214 g/mol. The molecule has 1 aromatic carbocycles. The quantitative estimate of drug-likeness (QED) is 0.601. The Labute approximate surface area is 102 Å². The molecule has 1 aromatic rings. The van der Waals surface area contributed by atoms with Gasteiger partial charge >= 0.3 is 0 Å². The zero-order chi connectivity index (χ0) is 12.3. The van der Waals surface area contributed by atoms with Crippen molar-refractivity contribution in [1.82, 2.24) is 0 Å². The zero-order valence-electron chi connectivity index (χ0n) is 10.2. The molecule has 4 nitrogen and oxygen atoms in total. The molecule has 0 aromatic heterocycles. The van der Waals surface area contributed by atoms with E-state index in [1.54, 1.807) is 0 Å². The lowest BCUT2D eigenvalue weighted by Gasteiger charge is -2.24. The second-order valence-corrected chi connectivity index (χ2v) is 4.37. The maximum atomic E-state index is 7.43. The third kappa shape index (κ3) is 2.77. The number of nitrogens with zero attached hydrogens (tertiary/aromatic N) is 1. The van der Waals surface area contributed by atoms with Crippen LogP contribution in [0.5, 0.6) is 0 Å². The molecule has 17 heavy (non-hydrogen) atoms. The lowest BCUT2D eigenvalue weighted by molar-refractivity contribution is 0.152. The molecule has 1 fully saturated rings. The molecule has 0 amide bonds. The van der Waals surface area contributed by atoms with E-state index < -0.39 is 0 Å². The van der Waals surface area contributed by atoms with Gasteiger partial charge in [0.05, 0.1) is 6.61 Å². The average Bonchev–Trinajstić information content (AvgIpc) is 2.57. The van der Waals surface area contributed by atoms with Gasteiger partial charge in [-0.3, -0.25) is 5.41 Å². The Morgan fingerprint density at radius 1 is 1.35 bits per heavy atom. The first-order chi connectivity index (χ1) is 8.18. The first kappa shape index (κ1) is 11.9. The Balaban J connectivity index is 2.22. The molecule has 1 aliphatic rings. The first-order valence-electron chi connectivity index (χ1n) is 5.96. The third-order valence-electron chi connectivity index (χ3n) is 3.07. The maximum absolute atomic E-state index is 7.43. The topological polar surface area (TPSA) is 62.3 Å². The molecule has 92 valence electrons. The third-order valence-corrected chi connectivity index (χ3v) is 3.07. The summed E-state index contributed by atoms with van der Waals surface area (Å²) >= 11 is 0. The van der Waals surface area contributed by atoms with Gasteiger partial charge in [-0.15, -0.1) is 0 Å². The molecule has 0 spiro atoms. The zero-order valence-corrected chi connectivity index (χ0v) is 10.2. The molecule has 3 N–H and O–H groups in total. The lowest BCUT2D eigenvalue weighted by Crippen LogP contribution is -2.26. The maximum Gasteiger partial charge on any atom is 0.122 e. The van der Waals surface area contributed by atoms with Crippen molar-refractivity contribution in [3.63, 3.8) is 0 Å². The van der Waals surface area contributed by atoms with E-state index in [0.717, 1.165) is 38.3 Å². The normalized spacial score (nSPS) is 16.6. The first-order valence-corrected chi connectivity index (χ1v) is 5.96. The van der Waals surface area contributed by atoms with Crippen molar-refractivity contribution in [2.75, 3.05) is 31.2 Å². The van der Waals surface area contributed by atoms with Crippen LogP contribution in [0.3, 0.4) is 0 Å². The number of anilines is 1. The molecule has 1 saturated heterocycles. The van der Waals surface area contributed by atoms with Crippen molar-refractivity contribution in [2.45, 2.75) is 13.3 Å². The van der Waals surface area contributed by atoms with Crippen molar-refractivity contribution < 1.29 is 4.74 Å².